The Morgan fingerprint density at radius 3 is 2.19 bits per heavy atom. The van der Waals surface area contributed by atoms with Crippen molar-refractivity contribution in [3.8, 4) is 17.2 Å². The molecule has 2 saturated heterocycles. The van der Waals surface area contributed by atoms with Gasteiger partial charge in [0.1, 0.15) is 0 Å². The van der Waals surface area contributed by atoms with Gasteiger partial charge in [-0.25, -0.2) is 0 Å². The number of methoxy groups -OCH3 is 3. The van der Waals surface area contributed by atoms with Gasteiger partial charge in [-0.3, -0.25) is 4.90 Å². The first-order chi connectivity index (χ1) is 12.7. The maximum Gasteiger partial charge on any atom is 0.203 e. The number of rotatable bonds is 7. The van der Waals surface area contributed by atoms with Crippen LogP contribution in [0.2, 0.25) is 0 Å². The van der Waals surface area contributed by atoms with E-state index in [2.05, 4.69) is 9.80 Å². The second-order valence-corrected chi connectivity index (χ2v) is 7.12. The van der Waals surface area contributed by atoms with Crippen molar-refractivity contribution in [1.82, 2.24) is 9.80 Å². The Morgan fingerprint density at radius 1 is 0.923 bits per heavy atom. The summed E-state index contributed by atoms with van der Waals surface area (Å²) in [6, 6.07) is 4.09. The zero-order valence-corrected chi connectivity index (χ0v) is 16.3. The van der Waals surface area contributed by atoms with Crippen molar-refractivity contribution in [2.45, 2.75) is 31.9 Å². The Morgan fingerprint density at radius 2 is 1.58 bits per heavy atom. The first kappa shape index (κ1) is 19.3. The van der Waals surface area contributed by atoms with Gasteiger partial charge in [0.15, 0.2) is 11.5 Å². The Labute approximate surface area is 157 Å². The van der Waals surface area contributed by atoms with Crippen LogP contribution in [0.15, 0.2) is 12.1 Å². The number of likely N-dealkylation sites (tertiary alicyclic amines) is 1. The minimum absolute atomic E-state index is 0.289. The molecule has 2 heterocycles. The van der Waals surface area contributed by atoms with Crippen molar-refractivity contribution in [1.29, 1.82) is 0 Å². The zero-order chi connectivity index (χ0) is 18.4. The highest BCUT2D eigenvalue weighted by atomic mass is 16.5. The summed E-state index contributed by atoms with van der Waals surface area (Å²) in [6.07, 6.45) is 4.00. The van der Waals surface area contributed by atoms with E-state index in [0.29, 0.717) is 17.2 Å². The van der Waals surface area contributed by atoms with Gasteiger partial charge in [-0.1, -0.05) is 0 Å². The molecular formula is C20H32N2O4. The molecule has 0 bridgehead atoms. The van der Waals surface area contributed by atoms with Gasteiger partial charge in [0.2, 0.25) is 5.75 Å². The molecule has 0 radical (unpaired) electrons. The lowest BCUT2D eigenvalue weighted by atomic mass is 10.1. The maximum atomic E-state index is 6.11. The lowest BCUT2D eigenvalue weighted by Crippen LogP contribution is -2.39. The molecule has 6 heteroatoms. The number of nitrogens with zero attached hydrogens (tertiary/aromatic N) is 2. The fraction of sp³-hybridized carbons (Fsp3) is 0.700. The molecule has 1 aromatic rings. The summed E-state index contributed by atoms with van der Waals surface area (Å²) in [7, 11) is 4.95. The second-order valence-electron chi connectivity index (χ2n) is 7.12. The van der Waals surface area contributed by atoms with Crippen LogP contribution in [-0.2, 0) is 11.3 Å². The fourth-order valence-electron chi connectivity index (χ4n) is 3.96. The van der Waals surface area contributed by atoms with Crippen LogP contribution >= 0.6 is 0 Å². The second kappa shape index (κ2) is 9.44. The Kier molecular flexibility index (Phi) is 7.00. The van der Waals surface area contributed by atoms with Crippen LogP contribution in [-0.4, -0.2) is 76.6 Å². The predicted octanol–water partition coefficient (Wildman–Crippen LogP) is 2.40. The number of hydrogen-bond acceptors (Lipinski definition) is 6. The van der Waals surface area contributed by atoms with Crippen LogP contribution in [0.1, 0.15) is 24.8 Å². The molecule has 146 valence electrons. The SMILES string of the molecule is COc1cc(CN2CCCO[C@H](CN3CCCC3)C2)cc(OC)c1OC. The summed E-state index contributed by atoms with van der Waals surface area (Å²) in [5.74, 6) is 2.06. The van der Waals surface area contributed by atoms with E-state index in [4.69, 9.17) is 18.9 Å². The molecule has 2 aliphatic heterocycles. The lowest BCUT2D eigenvalue weighted by Gasteiger charge is -2.27. The van der Waals surface area contributed by atoms with Crippen molar-refractivity contribution >= 4 is 0 Å². The normalized spacial score (nSPS) is 22.2. The summed E-state index contributed by atoms with van der Waals surface area (Å²) in [5, 5.41) is 0. The van der Waals surface area contributed by atoms with Gasteiger partial charge in [0.05, 0.1) is 27.4 Å². The molecule has 1 atom stereocenters. The predicted molar refractivity (Wildman–Crippen MR) is 101 cm³/mol. The van der Waals surface area contributed by atoms with Crippen molar-refractivity contribution < 1.29 is 18.9 Å². The first-order valence-corrected chi connectivity index (χ1v) is 9.58. The first-order valence-electron chi connectivity index (χ1n) is 9.58. The molecule has 0 amide bonds. The number of benzene rings is 1. The van der Waals surface area contributed by atoms with E-state index in [1.807, 2.05) is 12.1 Å². The minimum atomic E-state index is 0.289. The molecule has 0 aromatic heterocycles. The average Bonchev–Trinajstić information content (AvgIpc) is 3.07. The maximum absolute atomic E-state index is 6.11. The van der Waals surface area contributed by atoms with E-state index in [1.165, 1.54) is 31.5 Å². The largest absolute Gasteiger partial charge is 0.493 e. The Balaban J connectivity index is 1.68. The average molecular weight is 364 g/mol. The zero-order valence-electron chi connectivity index (χ0n) is 16.3. The van der Waals surface area contributed by atoms with Gasteiger partial charge in [-0.05, 0) is 50.0 Å². The van der Waals surface area contributed by atoms with E-state index in [9.17, 15) is 0 Å². The quantitative estimate of drug-likeness (QED) is 0.740. The molecule has 6 nitrogen and oxygen atoms in total. The van der Waals surface area contributed by atoms with Crippen LogP contribution in [0.4, 0.5) is 0 Å². The molecule has 26 heavy (non-hydrogen) atoms. The van der Waals surface area contributed by atoms with Crippen LogP contribution in [0.5, 0.6) is 17.2 Å². The van der Waals surface area contributed by atoms with E-state index >= 15 is 0 Å². The van der Waals surface area contributed by atoms with E-state index in [-0.39, 0.29) is 6.10 Å². The molecule has 3 rings (SSSR count). The molecule has 0 spiro atoms. The molecule has 2 aliphatic rings. The van der Waals surface area contributed by atoms with Crippen molar-refractivity contribution in [2.75, 3.05) is 60.7 Å². The summed E-state index contributed by atoms with van der Waals surface area (Å²) in [5.41, 5.74) is 1.17. The minimum Gasteiger partial charge on any atom is -0.493 e. The van der Waals surface area contributed by atoms with Gasteiger partial charge >= 0.3 is 0 Å². The van der Waals surface area contributed by atoms with Gasteiger partial charge in [0.25, 0.3) is 0 Å². The third kappa shape index (κ3) is 4.81. The molecule has 2 fully saturated rings. The standard InChI is InChI=1S/C20H32N2O4/c1-23-18-11-16(12-19(24-2)20(18)25-3)13-22-9-6-10-26-17(15-22)14-21-7-4-5-8-21/h11-12,17H,4-10,13-15H2,1-3H3/t17-/m1/s1. The number of hydrogen-bond donors (Lipinski definition) is 0. The molecular weight excluding hydrogens is 332 g/mol. The fourth-order valence-corrected chi connectivity index (χ4v) is 3.96. The highest BCUT2D eigenvalue weighted by molar-refractivity contribution is 5.53. The Bertz CT molecular complexity index is 550. The smallest absolute Gasteiger partial charge is 0.203 e. The topological polar surface area (TPSA) is 43.4 Å². The van der Waals surface area contributed by atoms with Crippen molar-refractivity contribution in [3.05, 3.63) is 17.7 Å². The molecule has 1 aromatic carbocycles. The molecule has 0 aliphatic carbocycles. The van der Waals surface area contributed by atoms with E-state index in [1.54, 1.807) is 21.3 Å². The van der Waals surface area contributed by atoms with Crippen LogP contribution < -0.4 is 14.2 Å². The highest BCUT2D eigenvalue weighted by Crippen LogP contribution is 2.38. The molecule has 0 unspecified atom stereocenters. The molecule has 0 N–H and O–H groups in total. The molecule has 0 saturated carbocycles. The monoisotopic (exact) mass is 364 g/mol. The van der Waals surface area contributed by atoms with Gasteiger partial charge < -0.3 is 23.8 Å². The Hall–Kier alpha value is -1.50. The summed E-state index contributed by atoms with van der Waals surface area (Å²) < 4.78 is 22.5. The van der Waals surface area contributed by atoms with Crippen LogP contribution in [0, 0.1) is 0 Å². The van der Waals surface area contributed by atoms with Crippen LogP contribution in [0.25, 0.3) is 0 Å². The van der Waals surface area contributed by atoms with Gasteiger partial charge in [-0.15, -0.1) is 0 Å². The summed E-state index contributed by atoms with van der Waals surface area (Å²) in [6.45, 7) is 7.20. The lowest BCUT2D eigenvalue weighted by molar-refractivity contribution is 0.0308. The van der Waals surface area contributed by atoms with E-state index < -0.39 is 0 Å². The number of ether oxygens (including phenoxy) is 4. The van der Waals surface area contributed by atoms with Crippen LogP contribution in [0.3, 0.4) is 0 Å². The third-order valence-electron chi connectivity index (χ3n) is 5.23. The summed E-state index contributed by atoms with van der Waals surface area (Å²) in [4.78, 5) is 5.02. The van der Waals surface area contributed by atoms with Crippen molar-refractivity contribution in [2.24, 2.45) is 0 Å². The third-order valence-corrected chi connectivity index (χ3v) is 5.23. The van der Waals surface area contributed by atoms with Crippen molar-refractivity contribution in [3.63, 3.8) is 0 Å². The van der Waals surface area contributed by atoms with E-state index in [0.717, 1.165) is 39.2 Å². The summed E-state index contributed by atoms with van der Waals surface area (Å²) >= 11 is 0. The highest BCUT2D eigenvalue weighted by Gasteiger charge is 2.23. The van der Waals surface area contributed by atoms with Gasteiger partial charge in [-0.2, -0.15) is 0 Å². The van der Waals surface area contributed by atoms with Gasteiger partial charge in [0, 0.05) is 32.8 Å².